The van der Waals surface area contributed by atoms with Crippen molar-refractivity contribution in [2.75, 3.05) is 19.6 Å². The molecule has 0 spiro atoms. The Bertz CT molecular complexity index is 1610. The van der Waals surface area contributed by atoms with E-state index in [2.05, 4.69) is 35.4 Å². The maximum Gasteiger partial charge on any atom is 0.188 e. The topological polar surface area (TPSA) is 366 Å². The van der Waals surface area contributed by atoms with E-state index in [0.29, 0.717) is 0 Å². The van der Waals surface area contributed by atoms with Crippen molar-refractivity contribution < 1.29 is 73.3 Å². The molecule has 26 nitrogen and oxygen atoms in total. The number of hydrogen-bond donors (Lipinski definition) is 7. The van der Waals surface area contributed by atoms with Crippen molar-refractivity contribution in [3.05, 3.63) is 31.3 Å². The summed E-state index contributed by atoms with van der Waals surface area (Å²) in [7, 11) is 0. The van der Waals surface area contributed by atoms with Crippen molar-refractivity contribution in [3.8, 4) is 0 Å². The van der Waals surface area contributed by atoms with Crippen molar-refractivity contribution in [2.45, 2.75) is 188 Å². The van der Waals surface area contributed by atoms with Crippen molar-refractivity contribution in [1.82, 2.24) is 10.2 Å². The van der Waals surface area contributed by atoms with E-state index < -0.39 is 153 Å². The van der Waals surface area contributed by atoms with E-state index in [1.165, 1.54) is 4.90 Å². The first kappa shape index (κ1) is 44.3. The summed E-state index contributed by atoms with van der Waals surface area (Å²) in [5.74, 6) is -3.16. The van der Waals surface area contributed by atoms with E-state index in [1.54, 1.807) is 41.5 Å². The van der Waals surface area contributed by atoms with Crippen LogP contribution in [0.2, 0.25) is 0 Å². The third-order valence-electron chi connectivity index (χ3n) is 11.8. The molecule has 0 aromatic carbocycles. The molecule has 0 radical (unpaired) electrons. The first-order valence-corrected chi connectivity index (χ1v) is 19.5. The second-order valence-electron chi connectivity index (χ2n) is 17.2. The maximum atomic E-state index is 11.8. The van der Waals surface area contributed by atoms with E-state index in [-0.39, 0.29) is 13.0 Å². The second kappa shape index (κ2) is 16.8. The van der Waals surface area contributed by atoms with Crippen molar-refractivity contribution in [1.29, 1.82) is 0 Å². The molecule has 0 aromatic rings. The van der Waals surface area contributed by atoms with Gasteiger partial charge in [-0.15, -0.1) is 0 Å². The van der Waals surface area contributed by atoms with Gasteiger partial charge >= 0.3 is 0 Å². The minimum Gasteiger partial charge on any atom is -0.389 e. The predicted molar refractivity (Wildman–Crippen MR) is 193 cm³/mol. The van der Waals surface area contributed by atoms with Crippen LogP contribution in [-0.2, 0) is 42.6 Å². The van der Waals surface area contributed by atoms with E-state index in [0.717, 1.165) is 0 Å². The zero-order valence-corrected chi connectivity index (χ0v) is 33.2. The zero-order chi connectivity index (χ0) is 42.8. The lowest BCUT2D eigenvalue weighted by Crippen LogP contribution is -2.66. The standard InChI is InChI=1S/C33H53N11O15/c1-31(2)54-25-16(38-41-34)22(51-28(25)57-31)13(45)8-37-11-7-12(20(49)21(50)19(11)48)44(9-14(46)23-17(39-42-35)26-29(52-23)58-32(3,4)55-26)10-15(47)24-18(40-43-36)27-30(53-24)59-33(5,6)56-27/h11-30,37,45-50H,7-10H2,1-6H3/t11-,12+,13-,14-,15+,16+,17+,18+,19+,20-,21-,22-,23-,24-,25-,26-,27-,28-,29-,30-/m1/s1. The molecule has 7 fully saturated rings. The number of aliphatic hydroxyl groups is 6. The number of fused-ring (bicyclic) bond motifs is 3. The highest BCUT2D eigenvalue weighted by atomic mass is 16.9. The Morgan fingerprint density at radius 1 is 0.593 bits per heavy atom. The van der Waals surface area contributed by atoms with E-state index >= 15 is 0 Å². The molecular weight excluding hydrogens is 790 g/mol. The fraction of sp³-hybridized carbons (Fsp3) is 1.00. The van der Waals surface area contributed by atoms with Crippen LogP contribution in [0.15, 0.2) is 15.3 Å². The van der Waals surface area contributed by atoms with Gasteiger partial charge in [-0.2, -0.15) is 0 Å². The van der Waals surface area contributed by atoms with Gasteiger partial charge < -0.3 is 78.6 Å². The highest BCUT2D eigenvalue weighted by Gasteiger charge is 2.60. The molecule has 7 aliphatic rings. The van der Waals surface area contributed by atoms with Crippen molar-refractivity contribution in [2.24, 2.45) is 15.3 Å². The highest BCUT2D eigenvalue weighted by molar-refractivity contribution is 5.07. The minimum atomic E-state index is -1.79. The van der Waals surface area contributed by atoms with Gasteiger partial charge in [0.25, 0.3) is 0 Å². The van der Waals surface area contributed by atoms with Gasteiger partial charge in [-0.25, -0.2) is 0 Å². The Morgan fingerprint density at radius 2 is 0.966 bits per heavy atom. The Kier molecular flexibility index (Phi) is 12.7. The van der Waals surface area contributed by atoms with Crippen LogP contribution >= 0.6 is 0 Å². The molecular formula is C33H53N11O15. The number of azide groups is 3. The molecule has 59 heavy (non-hydrogen) atoms. The molecule has 6 heterocycles. The number of rotatable bonds is 14. The normalized spacial score (nSPS) is 45.4. The van der Waals surface area contributed by atoms with Gasteiger partial charge in [0.2, 0.25) is 0 Å². The molecule has 6 aliphatic heterocycles. The number of hydrogen-bond acceptors (Lipinski definition) is 20. The lowest BCUT2D eigenvalue weighted by molar-refractivity contribution is -0.221. The van der Waals surface area contributed by atoms with Crippen molar-refractivity contribution >= 4 is 0 Å². The molecule has 0 bridgehead atoms. The van der Waals surface area contributed by atoms with Gasteiger partial charge in [0.1, 0.15) is 24.4 Å². The van der Waals surface area contributed by atoms with Gasteiger partial charge in [-0.05, 0) is 64.6 Å². The smallest absolute Gasteiger partial charge is 0.188 e. The van der Waals surface area contributed by atoms with Crippen LogP contribution in [0.1, 0.15) is 48.0 Å². The van der Waals surface area contributed by atoms with E-state index in [1.807, 2.05) is 0 Å². The number of nitrogens with zero attached hydrogens (tertiary/aromatic N) is 10. The van der Waals surface area contributed by atoms with Gasteiger partial charge in [0.05, 0.1) is 67.0 Å². The molecule has 0 aromatic heterocycles. The minimum absolute atomic E-state index is 0.142. The quantitative estimate of drug-likeness (QED) is 0.0616. The van der Waals surface area contributed by atoms with Gasteiger partial charge in [-0.1, -0.05) is 15.3 Å². The Labute approximate surface area is 337 Å². The van der Waals surface area contributed by atoms with Gasteiger partial charge in [0.15, 0.2) is 36.2 Å². The van der Waals surface area contributed by atoms with E-state index in [4.69, 9.17) is 42.6 Å². The molecule has 7 rings (SSSR count). The Hall–Kier alpha value is -2.75. The first-order valence-electron chi connectivity index (χ1n) is 19.5. The average molecular weight is 844 g/mol. The Morgan fingerprint density at radius 3 is 1.34 bits per heavy atom. The van der Waals surface area contributed by atoms with Crippen LogP contribution in [0.5, 0.6) is 0 Å². The molecule has 0 unspecified atom stereocenters. The fourth-order valence-corrected chi connectivity index (χ4v) is 9.27. The first-order chi connectivity index (χ1) is 27.8. The lowest BCUT2D eigenvalue weighted by atomic mass is 9.82. The molecule has 1 aliphatic carbocycles. The second-order valence-corrected chi connectivity index (χ2v) is 17.2. The van der Waals surface area contributed by atoms with Gasteiger partial charge in [0, 0.05) is 46.5 Å². The average Bonchev–Trinajstić information content (AvgIpc) is 3.96. The summed E-state index contributed by atoms with van der Waals surface area (Å²) >= 11 is 0. The summed E-state index contributed by atoms with van der Waals surface area (Å²) in [6.07, 6.45) is -18.5. The van der Waals surface area contributed by atoms with Crippen LogP contribution < -0.4 is 5.32 Å². The van der Waals surface area contributed by atoms with Crippen LogP contribution in [0, 0.1) is 0 Å². The van der Waals surface area contributed by atoms with Gasteiger partial charge in [-0.3, -0.25) is 4.90 Å². The maximum absolute atomic E-state index is 11.8. The molecule has 7 N–H and O–H groups in total. The summed E-state index contributed by atoms with van der Waals surface area (Å²) in [4.78, 5) is 10.2. The summed E-state index contributed by atoms with van der Waals surface area (Å²) < 4.78 is 53.0. The lowest BCUT2D eigenvalue weighted by Gasteiger charge is -2.47. The third-order valence-corrected chi connectivity index (χ3v) is 11.8. The van der Waals surface area contributed by atoms with Crippen LogP contribution in [-0.4, -0.2) is 195 Å². The van der Waals surface area contributed by atoms with Crippen LogP contribution in [0.4, 0.5) is 0 Å². The summed E-state index contributed by atoms with van der Waals surface area (Å²) in [5, 5.41) is 83.2. The molecule has 6 saturated heterocycles. The molecule has 26 heteroatoms. The van der Waals surface area contributed by atoms with Crippen LogP contribution in [0.25, 0.3) is 31.3 Å². The van der Waals surface area contributed by atoms with Crippen LogP contribution in [0.3, 0.4) is 0 Å². The zero-order valence-electron chi connectivity index (χ0n) is 33.2. The third kappa shape index (κ3) is 8.82. The number of ether oxygens (including phenoxy) is 9. The summed E-state index contributed by atoms with van der Waals surface area (Å²) in [5.41, 5.74) is 28.1. The fourth-order valence-electron chi connectivity index (χ4n) is 9.27. The van der Waals surface area contributed by atoms with E-state index in [9.17, 15) is 47.2 Å². The highest BCUT2D eigenvalue weighted by Crippen LogP contribution is 2.43. The summed E-state index contributed by atoms with van der Waals surface area (Å²) in [6.45, 7) is 8.88. The molecule has 1 saturated carbocycles. The number of aliphatic hydroxyl groups excluding tert-OH is 6. The monoisotopic (exact) mass is 843 g/mol. The van der Waals surface area contributed by atoms with Crippen molar-refractivity contribution in [3.63, 3.8) is 0 Å². The SMILES string of the molecule is CC1(C)O[C@H]2O[C@H]([C@H](O)CN[C@@H]3C[C@H](N(C[C@@H](O)[C@H]4O[C@@H]5OC(C)(C)O[C@@H]5[C@H]4N=[N+]=[N-])C[C@H](O)[C@H]4O[C@@H]5OC(C)(C)O[C@@H]5[C@H]4N=[N+]=[N-])[C@@H](O)[C@H](O)[C@H]3O)[C@H](N=[N+]=[N-])[C@H]2O1. The Balaban J connectivity index is 1.11. The largest absolute Gasteiger partial charge is 0.389 e. The predicted octanol–water partition coefficient (Wildman–Crippen LogP) is -1.15. The summed E-state index contributed by atoms with van der Waals surface area (Å²) in [6, 6.07) is -5.26. The number of nitrogens with one attached hydrogen (secondary N) is 1. The molecule has 330 valence electrons. The molecule has 20 atom stereocenters. The molecule has 0 amide bonds.